The lowest BCUT2D eigenvalue weighted by Crippen LogP contribution is -2.32. The first-order chi connectivity index (χ1) is 8.20. The van der Waals surface area contributed by atoms with Gasteiger partial charge in [0.1, 0.15) is 0 Å². The van der Waals surface area contributed by atoms with Crippen LogP contribution in [-0.2, 0) is 0 Å². The van der Waals surface area contributed by atoms with Gasteiger partial charge in [0.15, 0.2) is 23.3 Å². The Bertz CT molecular complexity index is 434. The molecule has 0 unspecified atom stereocenters. The van der Waals surface area contributed by atoms with Gasteiger partial charge in [-0.15, -0.1) is 0 Å². The van der Waals surface area contributed by atoms with E-state index in [2.05, 4.69) is 0 Å². The summed E-state index contributed by atoms with van der Waals surface area (Å²) in [6, 6.07) is -1.70. The molecule has 0 bridgehead atoms. The van der Waals surface area contributed by atoms with E-state index in [9.17, 15) is 27.1 Å². The Labute approximate surface area is 100 Å². The molecule has 0 saturated heterocycles. The van der Waals surface area contributed by atoms with Crippen LogP contribution in [-0.4, -0.2) is 11.2 Å². The monoisotopic (exact) mass is 269 g/mol. The van der Waals surface area contributed by atoms with E-state index in [4.69, 9.17) is 5.73 Å². The van der Waals surface area contributed by atoms with E-state index < -0.39 is 52.7 Å². The Morgan fingerprint density at radius 1 is 0.833 bits per heavy atom. The summed E-state index contributed by atoms with van der Waals surface area (Å²) >= 11 is 0. The first-order valence-electron chi connectivity index (χ1n) is 5.15. The van der Waals surface area contributed by atoms with E-state index in [0.29, 0.717) is 0 Å². The Kier molecular flexibility index (Phi) is 4.28. The van der Waals surface area contributed by atoms with E-state index >= 15 is 0 Å². The lowest BCUT2D eigenvalue weighted by atomic mass is 9.93. The van der Waals surface area contributed by atoms with E-state index in [-0.39, 0.29) is 0 Å². The molecule has 2 atom stereocenters. The zero-order chi connectivity index (χ0) is 14.2. The molecule has 0 spiro atoms. The zero-order valence-corrected chi connectivity index (χ0v) is 9.65. The first-order valence-corrected chi connectivity index (χ1v) is 5.15. The van der Waals surface area contributed by atoms with Crippen molar-refractivity contribution in [2.75, 3.05) is 0 Å². The number of rotatable bonds is 3. The van der Waals surface area contributed by atoms with Crippen molar-refractivity contribution < 1.29 is 27.1 Å². The van der Waals surface area contributed by atoms with Gasteiger partial charge in [0, 0.05) is 5.56 Å². The Balaban J connectivity index is 3.42. The van der Waals surface area contributed by atoms with Gasteiger partial charge in [0.2, 0.25) is 5.82 Å². The molecule has 18 heavy (non-hydrogen) atoms. The molecular weight excluding hydrogens is 257 g/mol. The standard InChI is InChI=1S/C11H12F5NO/c1-3(2)11(18)10(17)4-5(12)7(14)9(16)8(15)6(4)13/h3,10-11,18H,17H2,1-2H3/t10-,11+/m0/s1. The third kappa shape index (κ3) is 2.32. The minimum absolute atomic E-state index is 0.505. The minimum atomic E-state index is -2.25. The van der Waals surface area contributed by atoms with Gasteiger partial charge in [-0.05, 0) is 5.92 Å². The van der Waals surface area contributed by atoms with Gasteiger partial charge >= 0.3 is 0 Å². The highest BCUT2D eigenvalue weighted by atomic mass is 19.2. The molecule has 0 heterocycles. The van der Waals surface area contributed by atoms with Gasteiger partial charge < -0.3 is 10.8 Å². The van der Waals surface area contributed by atoms with Crippen LogP contribution in [0.5, 0.6) is 0 Å². The lowest BCUT2D eigenvalue weighted by molar-refractivity contribution is 0.0942. The molecule has 1 aromatic rings. The molecule has 0 aliphatic carbocycles. The van der Waals surface area contributed by atoms with Crippen LogP contribution >= 0.6 is 0 Å². The van der Waals surface area contributed by atoms with E-state index in [1.165, 1.54) is 13.8 Å². The SMILES string of the molecule is CC(C)[C@@H](O)[C@@H](N)c1c(F)c(F)c(F)c(F)c1F. The van der Waals surface area contributed by atoms with Crippen LogP contribution in [0.25, 0.3) is 0 Å². The van der Waals surface area contributed by atoms with Crippen molar-refractivity contribution in [2.24, 2.45) is 11.7 Å². The molecule has 1 rings (SSSR count). The summed E-state index contributed by atoms with van der Waals surface area (Å²) in [5.41, 5.74) is 4.14. The highest BCUT2D eigenvalue weighted by Crippen LogP contribution is 2.29. The van der Waals surface area contributed by atoms with Crippen LogP contribution in [0.1, 0.15) is 25.5 Å². The smallest absolute Gasteiger partial charge is 0.200 e. The Morgan fingerprint density at radius 3 is 1.50 bits per heavy atom. The van der Waals surface area contributed by atoms with Crippen LogP contribution in [0.3, 0.4) is 0 Å². The van der Waals surface area contributed by atoms with Crippen molar-refractivity contribution in [1.82, 2.24) is 0 Å². The summed E-state index contributed by atoms with van der Waals surface area (Å²) in [6.45, 7) is 2.99. The average molecular weight is 269 g/mol. The number of hydrogen-bond acceptors (Lipinski definition) is 2. The molecule has 0 aliphatic heterocycles. The third-order valence-electron chi connectivity index (χ3n) is 2.63. The summed E-state index contributed by atoms with van der Waals surface area (Å²) in [6.07, 6.45) is -1.43. The van der Waals surface area contributed by atoms with Crippen molar-refractivity contribution >= 4 is 0 Å². The maximum Gasteiger partial charge on any atom is 0.200 e. The molecule has 1 aromatic carbocycles. The zero-order valence-electron chi connectivity index (χ0n) is 9.65. The summed E-state index contributed by atoms with van der Waals surface area (Å²) in [4.78, 5) is 0. The quantitative estimate of drug-likeness (QED) is 0.503. The van der Waals surface area contributed by atoms with Crippen molar-refractivity contribution in [3.63, 3.8) is 0 Å². The van der Waals surface area contributed by atoms with Crippen LogP contribution in [0, 0.1) is 35.0 Å². The van der Waals surface area contributed by atoms with Crippen LogP contribution in [0.2, 0.25) is 0 Å². The van der Waals surface area contributed by atoms with Gasteiger partial charge in [0.25, 0.3) is 0 Å². The fraction of sp³-hybridized carbons (Fsp3) is 0.455. The van der Waals surface area contributed by atoms with Gasteiger partial charge in [-0.2, -0.15) is 0 Å². The van der Waals surface area contributed by atoms with Crippen molar-refractivity contribution in [3.05, 3.63) is 34.6 Å². The Morgan fingerprint density at radius 2 is 1.17 bits per heavy atom. The molecule has 0 amide bonds. The van der Waals surface area contributed by atoms with E-state index in [1.54, 1.807) is 0 Å². The lowest BCUT2D eigenvalue weighted by Gasteiger charge is -2.23. The van der Waals surface area contributed by atoms with Gasteiger partial charge in [-0.1, -0.05) is 13.8 Å². The number of halogens is 5. The molecule has 0 fully saturated rings. The van der Waals surface area contributed by atoms with E-state index in [0.717, 1.165) is 0 Å². The van der Waals surface area contributed by atoms with Crippen molar-refractivity contribution in [1.29, 1.82) is 0 Å². The molecule has 3 N–H and O–H groups in total. The van der Waals surface area contributed by atoms with E-state index in [1.807, 2.05) is 0 Å². The molecule has 102 valence electrons. The topological polar surface area (TPSA) is 46.2 Å². The second-order valence-corrected chi connectivity index (χ2v) is 4.24. The summed E-state index contributed by atoms with van der Waals surface area (Å²) in [5.74, 6) is -10.9. The number of aliphatic hydroxyl groups excluding tert-OH is 1. The first kappa shape index (κ1) is 14.8. The number of benzene rings is 1. The highest BCUT2D eigenvalue weighted by molar-refractivity contribution is 5.27. The number of aliphatic hydroxyl groups is 1. The summed E-state index contributed by atoms with van der Waals surface area (Å²) < 4.78 is 65.4. The maximum atomic E-state index is 13.4. The van der Waals surface area contributed by atoms with Crippen LogP contribution in [0.4, 0.5) is 22.0 Å². The molecule has 0 aliphatic rings. The fourth-order valence-electron chi connectivity index (χ4n) is 1.50. The molecule has 0 saturated carbocycles. The predicted molar refractivity (Wildman–Crippen MR) is 54.0 cm³/mol. The number of nitrogens with two attached hydrogens (primary N) is 1. The molecule has 7 heteroatoms. The Hall–Kier alpha value is -1.21. The maximum absolute atomic E-state index is 13.4. The minimum Gasteiger partial charge on any atom is -0.391 e. The largest absolute Gasteiger partial charge is 0.391 e. The predicted octanol–water partition coefficient (Wildman–Crippen LogP) is 2.40. The second-order valence-electron chi connectivity index (χ2n) is 4.24. The second kappa shape index (κ2) is 5.19. The van der Waals surface area contributed by atoms with Gasteiger partial charge in [-0.3, -0.25) is 0 Å². The molecular formula is C11H12F5NO. The van der Waals surface area contributed by atoms with Gasteiger partial charge in [0.05, 0.1) is 12.1 Å². The highest BCUT2D eigenvalue weighted by Gasteiger charge is 2.32. The van der Waals surface area contributed by atoms with Crippen LogP contribution < -0.4 is 5.73 Å². The summed E-state index contributed by atoms with van der Waals surface area (Å²) in [7, 11) is 0. The molecule has 2 nitrogen and oxygen atoms in total. The van der Waals surface area contributed by atoms with Crippen LogP contribution in [0.15, 0.2) is 0 Å². The third-order valence-corrected chi connectivity index (χ3v) is 2.63. The normalized spacial score (nSPS) is 15.0. The van der Waals surface area contributed by atoms with Gasteiger partial charge in [-0.25, -0.2) is 22.0 Å². The fourth-order valence-corrected chi connectivity index (χ4v) is 1.50. The average Bonchev–Trinajstić information content (AvgIpc) is 2.32. The van der Waals surface area contributed by atoms with Crippen molar-refractivity contribution in [2.45, 2.75) is 26.0 Å². The van der Waals surface area contributed by atoms with Crippen molar-refractivity contribution in [3.8, 4) is 0 Å². The molecule has 0 radical (unpaired) electrons. The molecule has 0 aromatic heterocycles. The summed E-state index contributed by atoms with van der Waals surface area (Å²) in [5, 5.41) is 9.55. The number of hydrogen-bond donors (Lipinski definition) is 2.